The van der Waals surface area contributed by atoms with Crippen molar-refractivity contribution in [3.8, 4) is 0 Å². The molecule has 0 saturated carbocycles. The maximum atomic E-state index is 5.46. The number of hydrogen-bond acceptors (Lipinski definition) is 3. The van der Waals surface area contributed by atoms with E-state index in [1.165, 1.54) is 0 Å². The Kier molecular flexibility index (Phi) is 6.12. The molecular weight excluding hydrogens is 579 g/mol. The Hall–Kier alpha value is 3.71. The number of halogens is 5. The van der Waals surface area contributed by atoms with Crippen LogP contribution in [-0.2, 0) is 24.8 Å². The van der Waals surface area contributed by atoms with E-state index in [1.54, 1.807) is 21.3 Å². The van der Waals surface area contributed by atoms with Gasteiger partial charge in [-0.2, -0.15) is 0 Å². The van der Waals surface area contributed by atoms with Crippen molar-refractivity contribution in [2.75, 3.05) is 21.3 Å². The van der Waals surface area contributed by atoms with Crippen LogP contribution >= 0.6 is 65.8 Å². The molecule has 0 aliphatic heterocycles. The topological polar surface area (TPSA) is 27.7 Å². The first kappa shape index (κ1) is 16.7. The van der Waals surface area contributed by atoms with Crippen molar-refractivity contribution in [3.05, 3.63) is 0 Å². The van der Waals surface area contributed by atoms with Gasteiger partial charge in [0.05, 0.1) is 0 Å². The Morgan fingerprint density at radius 1 is 0.692 bits per heavy atom. The van der Waals surface area contributed by atoms with Crippen LogP contribution in [0.5, 0.6) is 0 Å². The summed E-state index contributed by atoms with van der Waals surface area (Å²) >= 11 is 17.6. The van der Waals surface area contributed by atoms with Crippen molar-refractivity contribution in [2.45, 2.75) is 0 Å². The predicted molar refractivity (Wildman–Crippen MR) is 65.7 cm³/mol. The summed E-state index contributed by atoms with van der Waals surface area (Å²) in [5, 5.41) is 0. The van der Waals surface area contributed by atoms with Crippen LogP contribution in [0.1, 0.15) is 0 Å². The molecule has 0 N–H and O–H groups in total. The van der Waals surface area contributed by atoms with Gasteiger partial charge < -0.3 is 0 Å². The Morgan fingerprint density at radius 3 is 1.08 bits per heavy atom. The Labute approximate surface area is 109 Å². The van der Waals surface area contributed by atoms with Gasteiger partial charge in [0.25, 0.3) is 0 Å². The van der Waals surface area contributed by atoms with Gasteiger partial charge in [-0.05, 0) is 0 Å². The fraction of sp³-hybridized carbons (Fsp3) is 1.00. The van der Waals surface area contributed by atoms with E-state index >= 15 is 0 Å². The van der Waals surface area contributed by atoms with Gasteiger partial charge in [0.1, 0.15) is 0 Å². The van der Waals surface area contributed by atoms with Crippen LogP contribution in [-0.4, -0.2) is 21.3 Å². The second-order valence-electron chi connectivity index (χ2n) is 2.30. The average Bonchev–Trinajstić information content (AvgIpc) is 2.04. The van der Waals surface area contributed by atoms with Gasteiger partial charge in [-0.25, -0.2) is 0 Å². The van der Waals surface area contributed by atoms with Crippen molar-refractivity contribution >= 4 is 65.8 Å². The van der Waals surface area contributed by atoms with E-state index < -0.39 is 14.9 Å². The molecule has 0 unspecified atom stereocenters. The van der Waals surface area contributed by atoms with Crippen LogP contribution in [0.3, 0.4) is 0 Å². The van der Waals surface area contributed by atoms with E-state index in [9.17, 15) is 0 Å². The van der Waals surface area contributed by atoms with Crippen LogP contribution in [0, 0.1) is 0 Å². The second kappa shape index (κ2) is 4.76. The van der Waals surface area contributed by atoms with Gasteiger partial charge in [0, 0.05) is 0 Å². The summed E-state index contributed by atoms with van der Waals surface area (Å²) in [5.41, 5.74) is 0. The average molecular weight is 588 g/mol. The van der Waals surface area contributed by atoms with Crippen molar-refractivity contribution < 1.29 is 24.8 Å². The van der Waals surface area contributed by atoms with Gasteiger partial charge in [-0.15, -0.1) is 0 Å². The predicted octanol–water partition coefficient (Wildman–Crippen LogP) is 4.51. The molecule has 0 aliphatic rings. The van der Waals surface area contributed by atoms with Gasteiger partial charge in [-0.3, -0.25) is 0 Å². The zero-order chi connectivity index (χ0) is 11.0. The molecule has 0 bridgehead atoms. The normalized spacial score (nSPS) is 20.0. The SMILES string of the molecule is C[O][Ti]([Br])([Br])([Br])[Ti]([Br])([Br])([O]C)[O]C. The molecule has 3 nitrogen and oxygen atoms in total. The van der Waals surface area contributed by atoms with Crippen LogP contribution in [0.25, 0.3) is 0 Å². The molecule has 0 rings (SSSR count). The molecule has 10 heteroatoms. The molecule has 0 aromatic heterocycles. The maximum absolute atomic E-state index is 5.46. The number of rotatable bonds is 4. The fourth-order valence-electron chi connectivity index (χ4n) is 0.559. The van der Waals surface area contributed by atoms with Crippen molar-refractivity contribution in [1.82, 2.24) is 0 Å². The number of hydrogen-bond donors (Lipinski definition) is 0. The Morgan fingerprint density at radius 2 is 1.00 bits per heavy atom. The summed E-state index contributed by atoms with van der Waals surface area (Å²) in [6.45, 7) is 0. The Balaban J connectivity index is 5.46. The van der Waals surface area contributed by atoms with E-state index in [2.05, 4.69) is 65.8 Å². The Bertz CT molecular complexity index is 205. The van der Waals surface area contributed by atoms with E-state index in [4.69, 9.17) is 9.96 Å². The molecule has 0 aromatic rings. The van der Waals surface area contributed by atoms with E-state index in [1.807, 2.05) is 0 Å². The monoisotopic (exact) mass is 584 g/mol. The van der Waals surface area contributed by atoms with Crippen molar-refractivity contribution in [3.63, 3.8) is 0 Å². The molecule has 0 radical (unpaired) electrons. The molecule has 0 aromatic carbocycles. The van der Waals surface area contributed by atoms with E-state index in [0.29, 0.717) is 0 Å². The molecule has 13 heavy (non-hydrogen) atoms. The first-order chi connectivity index (χ1) is 5.51. The summed E-state index contributed by atoms with van der Waals surface area (Å²) in [6.07, 6.45) is -3.73. The summed E-state index contributed by atoms with van der Waals surface area (Å²) in [6, 6.07) is 0. The van der Waals surface area contributed by atoms with Gasteiger partial charge in [0.2, 0.25) is 0 Å². The first-order valence-electron chi connectivity index (χ1n) is 3.03. The van der Waals surface area contributed by atoms with Gasteiger partial charge in [0.15, 0.2) is 0 Å². The minimum atomic E-state index is -3.91. The van der Waals surface area contributed by atoms with Crippen LogP contribution in [0.15, 0.2) is 0 Å². The zero-order valence-electron chi connectivity index (χ0n) is 7.11. The van der Waals surface area contributed by atoms with E-state index in [-0.39, 0.29) is 0 Å². The van der Waals surface area contributed by atoms with Crippen LogP contribution < -0.4 is 0 Å². The third kappa shape index (κ3) is 2.94. The summed E-state index contributed by atoms with van der Waals surface area (Å²) in [7, 11) is 0.804. The summed E-state index contributed by atoms with van der Waals surface area (Å²) < 4.78 is 16.4. The molecule has 0 saturated heterocycles. The van der Waals surface area contributed by atoms with Crippen molar-refractivity contribution in [2.24, 2.45) is 0 Å². The molecular formula is C3H9Br5O3Ti2. The van der Waals surface area contributed by atoms with Gasteiger partial charge in [-0.1, -0.05) is 0 Å². The van der Waals surface area contributed by atoms with Crippen LogP contribution in [0.4, 0.5) is 0 Å². The van der Waals surface area contributed by atoms with Gasteiger partial charge >= 0.3 is 112 Å². The zero-order valence-corrected chi connectivity index (χ0v) is 18.2. The molecule has 0 spiro atoms. The van der Waals surface area contributed by atoms with Crippen LogP contribution in [0.2, 0.25) is 0 Å². The van der Waals surface area contributed by atoms with E-state index in [0.717, 1.165) is 0 Å². The molecule has 0 atom stereocenters. The van der Waals surface area contributed by atoms with Crippen molar-refractivity contribution in [1.29, 1.82) is 0 Å². The molecule has 0 amide bonds. The molecule has 82 valence electrons. The third-order valence-electron chi connectivity index (χ3n) is 1.62. The molecule has 0 aliphatic carbocycles. The molecule has 0 heterocycles. The first-order valence-corrected chi connectivity index (χ1v) is 28.2. The minimum absolute atomic E-state index is 1.57. The third-order valence-corrected chi connectivity index (χ3v) is 144. The summed E-state index contributed by atoms with van der Waals surface area (Å²) in [5.74, 6) is 0. The molecule has 0 fully saturated rings. The fourth-order valence-corrected chi connectivity index (χ4v) is 30.4. The second-order valence-corrected chi connectivity index (χ2v) is 93.2. The summed E-state index contributed by atoms with van der Waals surface area (Å²) in [4.78, 5) is 0. The standard InChI is InChI=1S/3CH3O.5BrH.2Ti/c3*1-2;;;;;;;/h3*1H3;5*1H;;/q3*-1;;;;;;2*+4/p-5. The quantitative estimate of drug-likeness (QED) is 0.453.